The highest BCUT2D eigenvalue weighted by Crippen LogP contribution is 2.30. The van der Waals surface area contributed by atoms with Crippen molar-refractivity contribution in [2.24, 2.45) is 0 Å². The second kappa shape index (κ2) is 6.79. The van der Waals surface area contributed by atoms with Crippen LogP contribution in [0.2, 0.25) is 0 Å². The average Bonchev–Trinajstić information content (AvgIpc) is 2.45. The summed E-state index contributed by atoms with van der Waals surface area (Å²) in [6.45, 7) is 3.92. The molecule has 0 aliphatic carbocycles. The van der Waals surface area contributed by atoms with Crippen LogP contribution in [0.3, 0.4) is 0 Å². The van der Waals surface area contributed by atoms with Crippen molar-refractivity contribution >= 4 is 50.1 Å². The molecule has 0 aliphatic heterocycles. The maximum atomic E-state index is 12.4. The van der Waals surface area contributed by atoms with E-state index >= 15 is 0 Å². The molecule has 0 aliphatic rings. The summed E-state index contributed by atoms with van der Waals surface area (Å²) in [6, 6.07) is 9.50. The molecule has 0 unspecified atom stereocenters. The molecule has 1 amide bonds. The van der Waals surface area contributed by atoms with Crippen LogP contribution in [0.4, 0.5) is 5.69 Å². The number of carbonyl (C=O) groups is 1. The number of rotatable bonds is 3. The van der Waals surface area contributed by atoms with Crippen LogP contribution in [0, 0.1) is 17.4 Å². The highest BCUT2D eigenvalue weighted by Gasteiger charge is 2.14. The fourth-order valence-electron chi connectivity index (χ4n) is 2.14. The van der Waals surface area contributed by atoms with Crippen LogP contribution in [-0.4, -0.2) is 13.0 Å². The van der Waals surface area contributed by atoms with Crippen molar-refractivity contribution in [1.82, 2.24) is 0 Å². The van der Waals surface area contributed by atoms with Gasteiger partial charge in [-0.1, -0.05) is 6.07 Å². The van der Waals surface area contributed by atoms with Crippen molar-refractivity contribution in [3.63, 3.8) is 0 Å². The lowest BCUT2D eigenvalue weighted by molar-refractivity contribution is 0.102. The molecule has 2 rings (SSSR count). The van der Waals surface area contributed by atoms with Gasteiger partial charge in [0.05, 0.1) is 12.7 Å². The third-order valence-electron chi connectivity index (χ3n) is 3.23. The van der Waals surface area contributed by atoms with Crippen LogP contribution >= 0.6 is 38.5 Å². The van der Waals surface area contributed by atoms with Gasteiger partial charge in [-0.2, -0.15) is 0 Å². The summed E-state index contributed by atoms with van der Waals surface area (Å²) in [6.07, 6.45) is 0. The summed E-state index contributed by atoms with van der Waals surface area (Å²) in [5.74, 6) is 0.656. The summed E-state index contributed by atoms with van der Waals surface area (Å²) in [5, 5.41) is 2.94. The minimum atomic E-state index is -0.144. The van der Waals surface area contributed by atoms with Gasteiger partial charge in [-0.15, -0.1) is 0 Å². The summed E-state index contributed by atoms with van der Waals surface area (Å²) in [4.78, 5) is 12.4. The summed E-state index contributed by atoms with van der Waals surface area (Å²) in [5.41, 5.74) is 3.34. The fraction of sp³-hybridized carbons (Fsp3) is 0.188. The number of hydrogen-bond acceptors (Lipinski definition) is 2. The van der Waals surface area contributed by atoms with E-state index in [0.717, 1.165) is 30.6 Å². The molecular weight excluding hydrogens is 445 g/mol. The molecule has 0 atom stereocenters. The third kappa shape index (κ3) is 3.58. The van der Waals surface area contributed by atoms with E-state index in [4.69, 9.17) is 4.74 Å². The van der Waals surface area contributed by atoms with E-state index in [1.165, 1.54) is 0 Å². The van der Waals surface area contributed by atoms with Crippen molar-refractivity contribution in [2.75, 3.05) is 12.4 Å². The van der Waals surface area contributed by atoms with E-state index in [1.54, 1.807) is 7.11 Å². The number of carbonyl (C=O) groups excluding carboxylic acids is 1. The predicted molar refractivity (Wildman–Crippen MR) is 97.3 cm³/mol. The van der Waals surface area contributed by atoms with Crippen molar-refractivity contribution < 1.29 is 9.53 Å². The number of hydrogen-bond donors (Lipinski definition) is 1. The SMILES string of the molecule is COc1c(C)ccc(NC(=O)c2cc(I)ccc2Br)c1C. The van der Waals surface area contributed by atoms with Gasteiger partial charge in [-0.25, -0.2) is 0 Å². The molecule has 2 aromatic rings. The molecular formula is C16H15BrINO2. The Hall–Kier alpha value is -1.08. The summed E-state index contributed by atoms with van der Waals surface area (Å²) in [7, 11) is 1.64. The first-order chi connectivity index (χ1) is 9.93. The molecule has 2 aromatic carbocycles. The zero-order chi connectivity index (χ0) is 15.6. The van der Waals surface area contributed by atoms with Gasteiger partial charge in [0.25, 0.3) is 5.91 Å². The Balaban J connectivity index is 2.34. The van der Waals surface area contributed by atoms with Gasteiger partial charge < -0.3 is 10.1 Å². The molecule has 0 bridgehead atoms. The molecule has 0 saturated heterocycles. The second-order valence-electron chi connectivity index (χ2n) is 4.67. The van der Waals surface area contributed by atoms with E-state index in [2.05, 4.69) is 43.8 Å². The number of anilines is 1. The molecule has 21 heavy (non-hydrogen) atoms. The van der Waals surface area contributed by atoms with Crippen LogP contribution in [0.15, 0.2) is 34.8 Å². The Morgan fingerprint density at radius 1 is 1.24 bits per heavy atom. The van der Waals surface area contributed by atoms with Crippen molar-refractivity contribution in [1.29, 1.82) is 0 Å². The molecule has 0 heterocycles. The molecule has 0 fully saturated rings. The summed E-state index contributed by atoms with van der Waals surface area (Å²) >= 11 is 5.60. The average molecular weight is 460 g/mol. The van der Waals surface area contributed by atoms with Gasteiger partial charge in [0.1, 0.15) is 5.75 Å². The molecule has 0 spiro atoms. The largest absolute Gasteiger partial charge is 0.496 e. The lowest BCUT2D eigenvalue weighted by atomic mass is 10.1. The van der Waals surface area contributed by atoms with Crippen LogP contribution in [-0.2, 0) is 0 Å². The van der Waals surface area contributed by atoms with Crippen molar-refractivity contribution in [2.45, 2.75) is 13.8 Å². The molecule has 5 heteroatoms. The molecule has 110 valence electrons. The van der Waals surface area contributed by atoms with Crippen molar-refractivity contribution in [3.05, 3.63) is 55.1 Å². The lowest BCUT2D eigenvalue weighted by Crippen LogP contribution is -2.14. The zero-order valence-corrected chi connectivity index (χ0v) is 15.7. The Morgan fingerprint density at radius 2 is 1.95 bits per heavy atom. The Morgan fingerprint density at radius 3 is 2.62 bits per heavy atom. The van der Waals surface area contributed by atoms with Gasteiger partial charge in [-0.05, 0) is 82.2 Å². The lowest BCUT2D eigenvalue weighted by Gasteiger charge is -2.14. The van der Waals surface area contributed by atoms with Gasteiger partial charge in [0.2, 0.25) is 0 Å². The van der Waals surface area contributed by atoms with E-state index < -0.39 is 0 Å². The zero-order valence-electron chi connectivity index (χ0n) is 12.0. The third-order valence-corrected chi connectivity index (χ3v) is 4.59. The number of halogens is 2. The van der Waals surface area contributed by atoms with Gasteiger partial charge >= 0.3 is 0 Å². The van der Waals surface area contributed by atoms with E-state index in [1.807, 2.05) is 44.2 Å². The van der Waals surface area contributed by atoms with E-state index in [0.29, 0.717) is 5.56 Å². The van der Waals surface area contributed by atoms with Crippen LogP contribution < -0.4 is 10.1 Å². The normalized spacial score (nSPS) is 10.3. The predicted octanol–water partition coefficient (Wildman–Crippen LogP) is 4.93. The molecule has 0 aromatic heterocycles. The second-order valence-corrected chi connectivity index (χ2v) is 6.77. The molecule has 0 radical (unpaired) electrons. The molecule has 1 N–H and O–H groups in total. The Kier molecular flexibility index (Phi) is 5.27. The minimum Gasteiger partial charge on any atom is -0.496 e. The number of nitrogens with one attached hydrogen (secondary N) is 1. The van der Waals surface area contributed by atoms with Crippen LogP contribution in [0.5, 0.6) is 5.75 Å². The standard InChI is InChI=1S/C16H15BrINO2/c1-9-4-7-14(10(2)15(9)21-3)19-16(20)12-8-11(18)5-6-13(12)17/h4-8H,1-3H3,(H,19,20). The summed E-state index contributed by atoms with van der Waals surface area (Å²) < 4.78 is 7.17. The van der Waals surface area contributed by atoms with E-state index in [9.17, 15) is 4.79 Å². The van der Waals surface area contributed by atoms with Gasteiger partial charge in [0, 0.05) is 19.3 Å². The Bertz CT molecular complexity index is 701. The molecule has 3 nitrogen and oxygen atoms in total. The van der Waals surface area contributed by atoms with Crippen LogP contribution in [0.25, 0.3) is 0 Å². The minimum absolute atomic E-state index is 0.144. The first-order valence-corrected chi connectivity index (χ1v) is 8.21. The number of amides is 1. The quantitative estimate of drug-likeness (QED) is 0.660. The highest BCUT2D eigenvalue weighted by atomic mass is 127. The fourth-order valence-corrected chi connectivity index (χ4v) is 3.06. The van der Waals surface area contributed by atoms with Crippen LogP contribution in [0.1, 0.15) is 21.5 Å². The number of methoxy groups -OCH3 is 1. The number of ether oxygens (including phenoxy) is 1. The topological polar surface area (TPSA) is 38.3 Å². The highest BCUT2D eigenvalue weighted by molar-refractivity contribution is 14.1. The van der Waals surface area contributed by atoms with Crippen molar-refractivity contribution in [3.8, 4) is 5.75 Å². The monoisotopic (exact) mass is 459 g/mol. The van der Waals surface area contributed by atoms with Gasteiger partial charge in [0.15, 0.2) is 0 Å². The maximum absolute atomic E-state index is 12.4. The first kappa shape index (κ1) is 16.3. The van der Waals surface area contributed by atoms with Gasteiger partial charge in [-0.3, -0.25) is 4.79 Å². The molecule has 0 saturated carbocycles. The van der Waals surface area contributed by atoms with E-state index in [-0.39, 0.29) is 5.91 Å². The number of aryl methyl sites for hydroxylation is 1. The smallest absolute Gasteiger partial charge is 0.256 e. The number of benzene rings is 2. The first-order valence-electron chi connectivity index (χ1n) is 6.34. The maximum Gasteiger partial charge on any atom is 0.256 e. The Labute approximate surface area is 146 Å².